The molecular formula is C15H12O4. The number of benzene rings is 2. The Labute approximate surface area is 110 Å². The lowest BCUT2D eigenvalue weighted by Gasteiger charge is -2.11. The fourth-order valence-corrected chi connectivity index (χ4v) is 1.84. The Morgan fingerprint density at radius 2 is 1.68 bits per heavy atom. The molecule has 0 radical (unpaired) electrons. The van der Waals surface area contributed by atoms with Crippen molar-refractivity contribution in [2.75, 3.05) is 0 Å². The molecule has 0 aliphatic carbocycles. The van der Waals surface area contributed by atoms with Gasteiger partial charge in [0.25, 0.3) is 0 Å². The molecule has 0 fully saturated rings. The minimum atomic E-state index is -1.61. The van der Waals surface area contributed by atoms with Crippen LogP contribution in [0.15, 0.2) is 48.5 Å². The number of rotatable bonds is 2. The number of carbonyl (C=O) groups excluding carboxylic acids is 1. The van der Waals surface area contributed by atoms with Crippen LogP contribution in [-0.4, -0.2) is 17.0 Å². The highest BCUT2D eigenvalue weighted by molar-refractivity contribution is 6.29. The van der Waals surface area contributed by atoms with E-state index in [-0.39, 0.29) is 5.75 Å². The fourth-order valence-electron chi connectivity index (χ4n) is 1.84. The summed E-state index contributed by atoms with van der Waals surface area (Å²) >= 11 is 0. The molecule has 2 aromatic carbocycles. The first kappa shape index (κ1) is 12.8. The van der Waals surface area contributed by atoms with E-state index in [4.69, 9.17) is 9.84 Å². The summed E-state index contributed by atoms with van der Waals surface area (Å²) < 4.78 is 4.90. The van der Waals surface area contributed by atoms with Gasteiger partial charge in [-0.05, 0) is 24.1 Å². The van der Waals surface area contributed by atoms with Crippen molar-refractivity contribution in [1.29, 1.82) is 0 Å². The summed E-state index contributed by atoms with van der Waals surface area (Å²) in [6, 6.07) is 14.5. The molecule has 4 nitrogen and oxygen atoms in total. The molecule has 0 amide bonds. The lowest BCUT2D eigenvalue weighted by Crippen LogP contribution is -2.19. The summed E-state index contributed by atoms with van der Waals surface area (Å²) in [5.41, 5.74) is 2.49. The van der Waals surface area contributed by atoms with Gasteiger partial charge < -0.3 is 9.84 Å². The van der Waals surface area contributed by atoms with E-state index < -0.39 is 11.9 Å². The molecule has 0 aliphatic rings. The first-order valence-electron chi connectivity index (χ1n) is 5.69. The van der Waals surface area contributed by atoms with Gasteiger partial charge in [0.1, 0.15) is 5.75 Å². The number of aryl methyl sites for hydroxylation is 1. The van der Waals surface area contributed by atoms with Crippen LogP contribution in [0.4, 0.5) is 0 Å². The normalized spacial score (nSPS) is 9.95. The Morgan fingerprint density at radius 1 is 1.00 bits per heavy atom. The van der Waals surface area contributed by atoms with E-state index in [1.54, 1.807) is 12.1 Å². The predicted molar refractivity (Wildman–Crippen MR) is 69.9 cm³/mol. The van der Waals surface area contributed by atoms with Crippen LogP contribution in [0.1, 0.15) is 5.56 Å². The molecule has 0 saturated heterocycles. The molecule has 0 aliphatic heterocycles. The first-order valence-corrected chi connectivity index (χ1v) is 5.69. The van der Waals surface area contributed by atoms with Crippen LogP contribution in [0, 0.1) is 6.92 Å². The Balaban J connectivity index is 2.48. The van der Waals surface area contributed by atoms with Gasteiger partial charge in [0.05, 0.1) is 0 Å². The smallest absolute Gasteiger partial charge is 0.422 e. The topological polar surface area (TPSA) is 63.6 Å². The third-order valence-corrected chi connectivity index (χ3v) is 2.67. The average molecular weight is 256 g/mol. The molecule has 1 N–H and O–H groups in total. The standard InChI is InChI=1S/C15H12O4/c1-10-6-5-9-12(19-15(18)14(16)17)13(10)11-7-3-2-4-8-11/h2-9H,1H3,(H,16,17). The number of hydrogen-bond acceptors (Lipinski definition) is 3. The van der Waals surface area contributed by atoms with Crippen LogP contribution in [-0.2, 0) is 9.59 Å². The van der Waals surface area contributed by atoms with Gasteiger partial charge in [-0.1, -0.05) is 42.5 Å². The van der Waals surface area contributed by atoms with E-state index >= 15 is 0 Å². The Hall–Kier alpha value is -2.62. The van der Waals surface area contributed by atoms with Gasteiger partial charge in [-0.2, -0.15) is 0 Å². The predicted octanol–water partition coefficient (Wildman–Crippen LogP) is 2.65. The van der Waals surface area contributed by atoms with Crippen LogP contribution in [0.25, 0.3) is 11.1 Å². The van der Waals surface area contributed by atoms with Gasteiger partial charge >= 0.3 is 11.9 Å². The van der Waals surface area contributed by atoms with Crippen LogP contribution in [0.5, 0.6) is 5.75 Å². The Morgan fingerprint density at radius 3 is 2.32 bits per heavy atom. The number of carboxylic acid groups (broad SMARTS) is 1. The van der Waals surface area contributed by atoms with Crippen molar-refractivity contribution in [2.24, 2.45) is 0 Å². The molecule has 0 spiro atoms. The van der Waals surface area contributed by atoms with Gasteiger partial charge in [0.2, 0.25) is 0 Å². The highest BCUT2D eigenvalue weighted by atomic mass is 16.6. The second kappa shape index (κ2) is 5.35. The van der Waals surface area contributed by atoms with Crippen molar-refractivity contribution >= 4 is 11.9 Å². The number of aliphatic carboxylic acids is 1. The number of carbonyl (C=O) groups is 2. The van der Waals surface area contributed by atoms with Crippen LogP contribution in [0.3, 0.4) is 0 Å². The number of esters is 1. The molecule has 0 atom stereocenters. The molecule has 0 unspecified atom stereocenters. The second-order valence-corrected chi connectivity index (χ2v) is 4.01. The van der Waals surface area contributed by atoms with E-state index in [1.165, 1.54) is 0 Å². The van der Waals surface area contributed by atoms with E-state index in [0.717, 1.165) is 16.7 Å². The minimum Gasteiger partial charge on any atom is -0.473 e. The van der Waals surface area contributed by atoms with Crippen LogP contribution in [0.2, 0.25) is 0 Å². The summed E-state index contributed by atoms with van der Waals surface area (Å²) in [5, 5.41) is 8.60. The zero-order valence-electron chi connectivity index (χ0n) is 10.3. The number of carboxylic acids is 1. The van der Waals surface area contributed by atoms with Crippen molar-refractivity contribution in [2.45, 2.75) is 6.92 Å². The SMILES string of the molecule is Cc1cccc(OC(=O)C(=O)O)c1-c1ccccc1. The Bertz CT molecular complexity index is 617. The summed E-state index contributed by atoms with van der Waals surface area (Å²) in [5.74, 6) is -2.65. The molecule has 96 valence electrons. The van der Waals surface area contributed by atoms with Gasteiger partial charge in [-0.15, -0.1) is 0 Å². The third kappa shape index (κ3) is 2.80. The van der Waals surface area contributed by atoms with Crippen molar-refractivity contribution in [3.8, 4) is 16.9 Å². The summed E-state index contributed by atoms with van der Waals surface area (Å²) in [7, 11) is 0. The van der Waals surface area contributed by atoms with Crippen LogP contribution >= 0.6 is 0 Å². The van der Waals surface area contributed by atoms with Crippen LogP contribution < -0.4 is 4.74 Å². The van der Waals surface area contributed by atoms with Crippen molar-refractivity contribution in [1.82, 2.24) is 0 Å². The van der Waals surface area contributed by atoms with Gasteiger partial charge in [0.15, 0.2) is 0 Å². The van der Waals surface area contributed by atoms with E-state index in [2.05, 4.69) is 0 Å². The largest absolute Gasteiger partial charge is 0.473 e. The zero-order chi connectivity index (χ0) is 13.8. The maximum atomic E-state index is 11.2. The quantitative estimate of drug-likeness (QED) is 0.509. The fraction of sp³-hybridized carbons (Fsp3) is 0.0667. The van der Waals surface area contributed by atoms with Gasteiger partial charge in [0, 0.05) is 5.56 Å². The lowest BCUT2D eigenvalue weighted by atomic mass is 9.99. The zero-order valence-corrected chi connectivity index (χ0v) is 10.3. The summed E-state index contributed by atoms with van der Waals surface area (Å²) in [6.45, 7) is 1.88. The van der Waals surface area contributed by atoms with Gasteiger partial charge in [-0.3, -0.25) is 0 Å². The molecule has 0 bridgehead atoms. The maximum absolute atomic E-state index is 11.2. The van der Waals surface area contributed by atoms with E-state index in [1.807, 2.05) is 43.3 Å². The molecule has 19 heavy (non-hydrogen) atoms. The van der Waals surface area contributed by atoms with Crippen molar-refractivity contribution in [3.63, 3.8) is 0 Å². The highest BCUT2D eigenvalue weighted by Crippen LogP contribution is 2.33. The van der Waals surface area contributed by atoms with Crippen molar-refractivity contribution in [3.05, 3.63) is 54.1 Å². The van der Waals surface area contributed by atoms with Crippen molar-refractivity contribution < 1.29 is 19.4 Å². The van der Waals surface area contributed by atoms with Gasteiger partial charge in [-0.25, -0.2) is 9.59 Å². The number of ether oxygens (including phenoxy) is 1. The monoisotopic (exact) mass is 256 g/mol. The second-order valence-electron chi connectivity index (χ2n) is 4.01. The Kier molecular flexibility index (Phi) is 3.61. The third-order valence-electron chi connectivity index (χ3n) is 2.67. The molecule has 0 saturated carbocycles. The molecular weight excluding hydrogens is 244 g/mol. The molecule has 0 aromatic heterocycles. The summed E-state index contributed by atoms with van der Waals surface area (Å²) in [4.78, 5) is 21.7. The molecule has 4 heteroatoms. The average Bonchev–Trinajstić information content (AvgIpc) is 2.39. The number of hydrogen-bond donors (Lipinski definition) is 1. The minimum absolute atomic E-state index is 0.249. The molecule has 0 heterocycles. The molecule has 2 rings (SSSR count). The lowest BCUT2D eigenvalue weighted by molar-refractivity contribution is -0.158. The molecule has 2 aromatic rings. The van der Waals surface area contributed by atoms with E-state index in [9.17, 15) is 9.59 Å². The van der Waals surface area contributed by atoms with E-state index in [0.29, 0.717) is 0 Å². The highest BCUT2D eigenvalue weighted by Gasteiger charge is 2.17. The first-order chi connectivity index (χ1) is 9.09. The summed E-state index contributed by atoms with van der Waals surface area (Å²) in [6.07, 6.45) is 0. The maximum Gasteiger partial charge on any atom is 0.422 e.